The smallest absolute Gasteiger partial charge is 0.321 e. The Morgan fingerprint density at radius 1 is 1.09 bits per heavy atom. The minimum atomic E-state index is -0.447. The van der Waals surface area contributed by atoms with E-state index in [-0.39, 0.29) is 11.6 Å². The maximum absolute atomic E-state index is 14.7. The van der Waals surface area contributed by atoms with Gasteiger partial charge in [0.2, 0.25) is 0 Å². The lowest BCUT2D eigenvalue weighted by Gasteiger charge is -2.16. The molecule has 0 spiro atoms. The monoisotopic (exact) mass is 476 g/mol. The van der Waals surface area contributed by atoms with Gasteiger partial charge in [-0.3, -0.25) is 0 Å². The summed E-state index contributed by atoms with van der Waals surface area (Å²) in [5, 5.41) is 7.42. The highest BCUT2D eigenvalue weighted by atomic mass is 19.1. The summed E-state index contributed by atoms with van der Waals surface area (Å²) in [7, 11) is 1.63. The van der Waals surface area contributed by atoms with Crippen LogP contribution in [0.1, 0.15) is 12.8 Å². The third-order valence-corrected chi connectivity index (χ3v) is 5.78. The van der Waals surface area contributed by atoms with Crippen molar-refractivity contribution in [2.45, 2.75) is 12.8 Å². The minimum absolute atomic E-state index is 0.182. The molecule has 0 radical (unpaired) electrons. The average molecular weight is 477 g/mol. The van der Waals surface area contributed by atoms with Gasteiger partial charge in [0.1, 0.15) is 23.9 Å². The number of rotatable bonds is 7. The van der Waals surface area contributed by atoms with E-state index in [4.69, 9.17) is 9.47 Å². The van der Waals surface area contributed by atoms with E-state index in [0.717, 1.165) is 37.2 Å². The molecule has 1 fully saturated rings. The molecule has 0 aliphatic carbocycles. The fourth-order valence-electron chi connectivity index (χ4n) is 3.93. The number of amides is 2. The molecule has 180 valence electrons. The van der Waals surface area contributed by atoms with Crippen LogP contribution >= 0.6 is 0 Å². The van der Waals surface area contributed by atoms with Gasteiger partial charge in [-0.1, -0.05) is 0 Å². The SMILES string of the molecule is COCCOc1ccc(-c2cnc3nc(-c4cc(NC(=O)N5CCCC5)ccc4F)cn3n2)cc1. The second-order valence-corrected chi connectivity index (χ2v) is 8.20. The Kier molecular flexibility index (Phi) is 6.53. The molecule has 5 rings (SSSR count). The number of fused-ring (bicyclic) bond motifs is 1. The molecule has 1 N–H and O–H groups in total. The third kappa shape index (κ3) is 5.07. The molecule has 2 aromatic carbocycles. The molecule has 3 heterocycles. The largest absolute Gasteiger partial charge is 0.491 e. The molecule has 4 aromatic rings. The molecule has 2 aromatic heterocycles. The summed E-state index contributed by atoms with van der Waals surface area (Å²) in [4.78, 5) is 23.0. The van der Waals surface area contributed by atoms with E-state index >= 15 is 0 Å². The number of carbonyl (C=O) groups excluding carboxylic acids is 1. The highest BCUT2D eigenvalue weighted by Gasteiger charge is 2.19. The van der Waals surface area contributed by atoms with Crippen LogP contribution in [0.15, 0.2) is 54.9 Å². The molecule has 2 amide bonds. The predicted molar refractivity (Wildman–Crippen MR) is 129 cm³/mol. The van der Waals surface area contributed by atoms with Gasteiger partial charge in [-0.15, -0.1) is 0 Å². The van der Waals surface area contributed by atoms with Gasteiger partial charge in [0, 0.05) is 37.0 Å². The van der Waals surface area contributed by atoms with Crippen LogP contribution in [0, 0.1) is 5.82 Å². The zero-order valence-corrected chi connectivity index (χ0v) is 19.3. The van der Waals surface area contributed by atoms with Crippen LogP contribution in [0.5, 0.6) is 5.75 Å². The number of likely N-dealkylation sites (tertiary alicyclic amines) is 1. The number of carbonyl (C=O) groups is 1. The van der Waals surface area contributed by atoms with Gasteiger partial charge in [0.15, 0.2) is 0 Å². The predicted octanol–water partition coefficient (Wildman–Crippen LogP) is 4.25. The zero-order valence-electron chi connectivity index (χ0n) is 19.3. The van der Waals surface area contributed by atoms with E-state index in [1.54, 1.807) is 36.5 Å². The summed E-state index contributed by atoms with van der Waals surface area (Å²) >= 11 is 0. The number of ether oxygens (including phenoxy) is 2. The highest BCUT2D eigenvalue weighted by molar-refractivity contribution is 5.90. The number of nitrogens with one attached hydrogen (secondary N) is 1. The molecule has 0 saturated carbocycles. The Morgan fingerprint density at radius 2 is 1.89 bits per heavy atom. The first-order valence-corrected chi connectivity index (χ1v) is 11.4. The van der Waals surface area contributed by atoms with E-state index in [2.05, 4.69) is 20.4 Å². The van der Waals surface area contributed by atoms with Gasteiger partial charge in [-0.2, -0.15) is 5.10 Å². The van der Waals surface area contributed by atoms with E-state index in [9.17, 15) is 9.18 Å². The number of methoxy groups -OCH3 is 1. The van der Waals surface area contributed by atoms with Crippen molar-refractivity contribution >= 4 is 17.5 Å². The van der Waals surface area contributed by atoms with Crippen LogP contribution < -0.4 is 10.1 Å². The van der Waals surface area contributed by atoms with Crippen LogP contribution in [-0.2, 0) is 4.74 Å². The van der Waals surface area contributed by atoms with Crippen molar-refractivity contribution in [1.82, 2.24) is 24.5 Å². The number of aromatic nitrogens is 4. The zero-order chi connectivity index (χ0) is 24.2. The van der Waals surface area contributed by atoms with Crippen molar-refractivity contribution in [3.63, 3.8) is 0 Å². The molecule has 1 saturated heterocycles. The first-order valence-electron chi connectivity index (χ1n) is 11.4. The first kappa shape index (κ1) is 22.7. The molecule has 1 aliphatic rings. The van der Waals surface area contributed by atoms with Crippen molar-refractivity contribution in [3.8, 4) is 28.3 Å². The summed E-state index contributed by atoms with van der Waals surface area (Å²) in [6.07, 6.45) is 5.24. The number of imidazole rings is 1. The molecule has 10 heteroatoms. The molecule has 0 unspecified atom stereocenters. The van der Waals surface area contributed by atoms with Crippen LogP contribution in [0.25, 0.3) is 28.3 Å². The summed E-state index contributed by atoms with van der Waals surface area (Å²) in [5.41, 5.74) is 2.63. The van der Waals surface area contributed by atoms with Crippen molar-refractivity contribution in [1.29, 1.82) is 0 Å². The molecular weight excluding hydrogens is 451 g/mol. The standard InChI is InChI=1S/C25H25FN6O3/c1-34-12-13-35-19-7-4-17(5-8-19)22-15-27-24-29-23(16-32(24)30-22)20-14-18(6-9-21(20)26)28-25(33)31-10-2-3-11-31/h4-9,14-16H,2-3,10-13H2,1H3,(H,28,33). The summed E-state index contributed by atoms with van der Waals surface area (Å²) in [5.74, 6) is 0.628. The van der Waals surface area contributed by atoms with Crippen molar-refractivity contribution in [2.24, 2.45) is 0 Å². The van der Waals surface area contributed by atoms with Crippen molar-refractivity contribution in [3.05, 3.63) is 60.7 Å². The molecular formula is C25H25FN6O3. The van der Waals surface area contributed by atoms with Gasteiger partial charge in [0.05, 0.1) is 24.7 Å². The third-order valence-electron chi connectivity index (χ3n) is 5.78. The Labute approximate surface area is 201 Å². The van der Waals surface area contributed by atoms with E-state index < -0.39 is 5.82 Å². The maximum Gasteiger partial charge on any atom is 0.321 e. The van der Waals surface area contributed by atoms with Crippen LogP contribution in [0.4, 0.5) is 14.9 Å². The number of benzene rings is 2. The van der Waals surface area contributed by atoms with Crippen LogP contribution in [-0.4, -0.2) is 63.9 Å². The van der Waals surface area contributed by atoms with E-state index in [0.29, 0.717) is 36.1 Å². The fourth-order valence-corrected chi connectivity index (χ4v) is 3.93. The number of nitrogens with zero attached hydrogens (tertiary/aromatic N) is 5. The Morgan fingerprint density at radius 3 is 2.66 bits per heavy atom. The van der Waals surface area contributed by atoms with Gasteiger partial charge in [-0.25, -0.2) is 23.7 Å². The average Bonchev–Trinajstić information content (AvgIpc) is 3.56. The molecule has 35 heavy (non-hydrogen) atoms. The Hall–Kier alpha value is -4.05. The quantitative estimate of drug-likeness (QED) is 0.401. The normalized spacial score (nSPS) is 13.4. The Balaban J connectivity index is 1.37. The van der Waals surface area contributed by atoms with Crippen LogP contribution in [0.2, 0.25) is 0 Å². The van der Waals surface area contributed by atoms with E-state index in [1.165, 1.54) is 10.6 Å². The van der Waals surface area contributed by atoms with Crippen molar-refractivity contribution in [2.75, 3.05) is 38.7 Å². The summed E-state index contributed by atoms with van der Waals surface area (Å²) < 4.78 is 26.8. The minimum Gasteiger partial charge on any atom is -0.491 e. The highest BCUT2D eigenvalue weighted by Crippen LogP contribution is 2.27. The molecule has 1 aliphatic heterocycles. The number of hydrogen-bond acceptors (Lipinski definition) is 6. The molecule has 0 bridgehead atoms. The number of urea groups is 1. The summed E-state index contributed by atoms with van der Waals surface area (Å²) in [6, 6.07) is 11.7. The van der Waals surface area contributed by atoms with Crippen LogP contribution in [0.3, 0.4) is 0 Å². The van der Waals surface area contributed by atoms with Gasteiger partial charge < -0.3 is 19.7 Å². The van der Waals surface area contributed by atoms with Gasteiger partial charge >= 0.3 is 6.03 Å². The number of hydrogen-bond donors (Lipinski definition) is 1. The number of anilines is 1. The molecule has 0 atom stereocenters. The second kappa shape index (κ2) is 10.1. The fraction of sp³-hybridized carbons (Fsp3) is 0.280. The van der Waals surface area contributed by atoms with Gasteiger partial charge in [0.25, 0.3) is 5.78 Å². The second-order valence-electron chi connectivity index (χ2n) is 8.20. The van der Waals surface area contributed by atoms with Crippen molar-refractivity contribution < 1.29 is 18.7 Å². The topological polar surface area (TPSA) is 93.9 Å². The Bertz CT molecular complexity index is 1340. The first-order chi connectivity index (χ1) is 17.1. The summed E-state index contributed by atoms with van der Waals surface area (Å²) in [6.45, 7) is 2.45. The molecule has 9 nitrogen and oxygen atoms in total. The van der Waals surface area contributed by atoms with E-state index in [1.807, 2.05) is 24.3 Å². The number of halogens is 1. The lowest BCUT2D eigenvalue weighted by Crippen LogP contribution is -2.32. The lowest BCUT2D eigenvalue weighted by molar-refractivity contribution is 0.146. The lowest BCUT2D eigenvalue weighted by atomic mass is 10.1. The maximum atomic E-state index is 14.7. The van der Waals surface area contributed by atoms with Gasteiger partial charge in [-0.05, 0) is 55.3 Å².